The van der Waals surface area contributed by atoms with Gasteiger partial charge in [0, 0.05) is 23.4 Å². The van der Waals surface area contributed by atoms with E-state index < -0.39 is 0 Å². The summed E-state index contributed by atoms with van der Waals surface area (Å²) in [4.78, 5) is 0. The van der Waals surface area contributed by atoms with Gasteiger partial charge in [0.1, 0.15) is 23.9 Å². The first-order valence-corrected chi connectivity index (χ1v) is 9.58. The molecule has 0 saturated heterocycles. The average Bonchev–Trinajstić information content (AvgIpc) is 2.73. The van der Waals surface area contributed by atoms with E-state index in [1.165, 1.54) is 12.1 Å². The van der Waals surface area contributed by atoms with Crippen LogP contribution in [0.1, 0.15) is 11.1 Å². The average molecular weight is 408 g/mol. The lowest BCUT2D eigenvalue weighted by Gasteiger charge is -2.16. The summed E-state index contributed by atoms with van der Waals surface area (Å²) in [7, 11) is 0. The van der Waals surface area contributed by atoms with Gasteiger partial charge in [-0.3, -0.25) is 0 Å². The maximum atomic E-state index is 13.3. The molecule has 0 aliphatic heterocycles. The summed E-state index contributed by atoms with van der Waals surface area (Å²) >= 11 is 6.13. The predicted molar refractivity (Wildman–Crippen MR) is 115 cm³/mol. The summed E-state index contributed by atoms with van der Waals surface area (Å²) in [5.74, 6) is 0.583. The highest BCUT2D eigenvalue weighted by Crippen LogP contribution is 2.30. The number of fused-ring (bicyclic) bond motifs is 1. The molecule has 0 radical (unpaired) electrons. The van der Waals surface area contributed by atoms with Gasteiger partial charge in [0.15, 0.2) is 0 Å². The maximum absolute atomic E-state index is 13.3. The predicted octanol–water partition coefficient (Wildman–Crippen LogP) is 6.53. The second kappa shape index (κ2) is 8.41. The Morgan fingerprint density at radius 3 is 2.52 bits per heavy atom. The molecule has 0 heterocycles. The van der Waals surface area contributed by atoms with Crippen molar-refractivity contribution in [2.75, 3.05) is 5.32 Å². The minimum atomic E-state index is -0.372. The van der Waals surface area contributed by atoms with E-state index in [1.54, 1.807) is 18.2 Å². The molecule has 4 aromatic rings. The molecule has 0 saturated carbocycles. The Hall–Kier alpha value is -3.24. The van der Waals surface area contributed by atoms with Crippen molar-refractivity contribution in [3.8, 4) is 11.5 Å². The molecule has 0 unspecified atom stereocenters. The summed E-state index contributed by atoms with van der Waals surface area (Å²) in [6.07, 6.45) is 0. The van der Waals surface area contributed by atoms with Crippen LogP contribution in [0, 0.1) is 5.82 Å². The van der Waals surface area contributed by atoms with Gasteiger partial charge >= 0.3 is 0 Å². The van der Waals surface area contributed by atoms with E-state index in [-0.39, 0.29) is 18.2 Å². The van der Waals surface area contributed by atoms with Gasteiger partial charge in [0.25, 0.3) is 0 Å². The van der Waals surface area contributed by atoms with E-state index in [0.29, 0.717) is 11.6 Å². The number of benzene rings is 4. The Morgan fingerprint density at radius 1 is 0.931 bits per heavy atom. The fraction of sp³-hybridized carbons (Fsp3) is 0.0833. The lowest BCUT2D eigenvalue weighted by Crippen LogP contribution is -2.05. The summed E-state index contributed by atoms with van der Waals surface area (Å²) in [6, 6.07) is 23.3. The Kier molecular flexibility index (Phi) is 5.54. The molecule has 0 amide bonds. The number of ether oxygens (including phenoxy) is 1. The van der Waals surface area contributed by atoms with Crippen LogP contribution in [-0.4, -0.2) is 5.11 Å². The quantitative estimate of drug-likeness (QED) is 0.357. The van der Waals surface area contributed by atoms with E-state index in [2.05, 4.69) is 17.4 Å². The molecule has 0 spiro atoms. The zero-order valence-electron chi connectivity index (χ0n) is 15.5. The number of phenols is 1. The van der Waals surface area contributed by atoms with E-state index in [1.807, 2.05) is 36.4 Å². The number of hydrogen-bond acceptors (Lipinski definition) is 3. The van der Waals surface area contributed by atoms with Gasteiger partial charge in [0.2, 0.25) is 0 Å². The number of halogens is 2. The highest BCUT2D eigenvalue weighted by atomic mass is 35.5. The second-order valence-electron chi connectivity index (χ2n) is 6.69. The second-order valence-corrected chi connectivity index (χ2v) is 7.10. The van der Waals surface area contributed by atoms with E-state index in [4.69, 9.17) is 16.3 Å². The molecule has 0 bridgehead atoms. The van der Waals surface area contributed by atoms with Crippen LogP contribution in [0.4, 0.5) is 10.1 Å². The molecule has 0 fully saturated rings. The van der Waals surface area contributed by atoms with Gasteiger partial charge < -0.3 is 15.2 Å². The smallest absolute Gasteiger partial charge is 0.125 e. The number of aromatic hydroxyl groups is 1. The van der Waals surface area contributed by atoms with E-state index in [0.717, 1.165) is 33.3 Å². The van der Waals surface area contributed by atoms with Crippen LogP contribution in [0.3, 0.4) is 0 Å². The number of anilines is 1. The summed E-state index contributed by atoms with van der Waals surface area (Å²) in [5, 5.41) is 15.4. The van der Waals surface area contributed by atoms with Crippen molar-refractivity contribution in [1.82, 2.24) is 0 Å². The van der Waals surface area contributed by atoms with Gasteiger partial charge in [-0.15, -0.1) is 0 Å². The number of hydrogen-bond donors (Lipinski definition) is 2. The first-order valence-electron chi connectivity index (χ1n) is 9.20. The topological polar surface area (TPSA) is 41.5 Å². The monoisotopic (exact) mass is 407 g/mol. The van der Waals surface area contributed by atoms with Gasteiger partial charge in [-0.1, -0.05) is 48.0 Å². The molecular weight excluding hydrogens is 389 g/mol. The molecule has 0 aromatic heterocycles. The van der Waals surface area contributed by atoms with Crippen molar-refractivity contribution in [2.45, 2.75) is 13.2 Å². The van der Waals surface area contributed by atoms with Crippen LogP contribution in [0.15, 0.2) is 78.9 Å². The third kappa shape index (κ3) is 4.44. The summed E-state index contributed by atoms with van der Waals surface area (Å²) < 4.78 is 19.4. The molecule has 4 rings (SSSR count). The fourth-order valence-electron chi connectivity index (χ4n) is 3.20. The van der Waals surface area contributed by atoms with Crippen LogP contribution in [0.25, 0.3) is 10.8 Å². The van der Waals surface area contributed by atoms with Crippen LogP contribution in [0.2, 0.25) is 5.02 Å². The van der Waals surface area contributed by atoms with Gasteiger partial charge in [-0.2, -0.15) is 0 Å². The number of nitrogens with one attached hydrogen (secondary N) is 1. The molecule has 29 heavy (non-hydrogen) atoms. The van der Waals surface area contributed by atoms with Crippen molar-refractivity contribution in [1.29, 1.82) is 0 Å². The third-order valence-electron chi connectivity index (χ3n) is 4.73. The summed E-state index contributed by atoms with van der Waals surface area (Å²) in [6.45, 7) is 0.780. The Balaban J connectivity index is 1.62. The maximum Gasteiger partial charge on any atom is 0.125 e. The molecule has 146 valence electrons. The van der Waals surface area contributed by atoms with Crippen LogP contribution in [-0.2, 0) is 13.2 Å². The largest absolute Gasteiger partial charge is 0.508 e. The molecule has 3 nitrogen and oxygen atoms in total. The number of rotatable bonds is 6. The van der Waals surface area contributed by atoms with Crippen molar-refractivity contribution >= 4 is 28.1 Å². The van der Waals surface area contributed by atoms with Crippen LogP contribution >= 0.6 is 11.6 Å². The van der Waals surface area contributed by atoms with Crippen molar-refractivity contribution in [2.24, 2.45) is 0 Å². The lowest BCUT2D eigenvalue weighted by atomic mass is 10.0. The molecule has 0 aliphatic rings. The first-order chi connectivity index (χ1) is 14.1. The molecule has 4 aromatic carbocycles. The Labute approximate surface area is 173 Å². The van der Waals surface area contributed by atoms with E-state index >= 15 is 0 Å². The van der Waals surface area contributed by atoms with Crippen LogP contribution in [0.5, 0.6) is 11.5 Å². The van der Waals surface area contributed by atoms with Gasteiger partial charge in [-0.25, -0.2) is 4.39 Å². The Bertz CT molecular complexity index is 1150. The SMILES string of the molecule is Oc1ccc(NCc2c(OCc3ccc(F)cc3Cl)ccc3ccccc23)cc1. The highest BCUT2D eigenvalue weighted by molar-refractivity contribution is 6.31. The van der Waals surface area contributed by atoms with E-state index in [9.17, 15) is 9.50 Å². The normalized spacial score (nSPS) is 10.8. The molecule has 2 N–H and O–H groups in total. The Morgan fingerprint density at radius 2 is 1.72 bits per heavy atom. The van der Waals surface area contributed by atoms with Crippen LogP contribution < -0.4 is 10.1 Å². The highest BCUT2D eigenvalue weighted by Gasteiger charge is 2.11. The zero-order chi connectivity index (χ0) is 20.2. The van der Waals surface area contributed by atoms with Crippen molar-refractivity contribution < 1.29 is 14.2 Å². The minimum absolute atomic E-state index is 0.223. The number of phenolic OH excluding ortho intramolecular Hbond substituents is 1. The lowest BCUT2D eigenvalue weighted by molar-refractivity contribution is 0.304. The zero-order valence-corrected chi connectivity index (χ0v) is 16.3. The fourth-order valence-corrected chi connectivity index (χ4v) is 3.42. The van der Waals surface area contributed by atoms with Crippen molar-refractivity contribution in [3.63, 3.8) is 0 Å². The summed E-state index contributed by atoms with van der Waals surface area (Å²) in [5.41, 5.74) is 2.62. The van der Waals surface area contributed by atoms with Gasteiger partial charge in [-0.05, 0) is 53.2 Å². The molecule has 0 aliphatic carbocycles. The molecule has 0 atom stereocenters. The van der Waals surface area contributed by atoms with Gasteiger partial charge in [0.05, 0.1) is 5.02 Å². The molecular formula is C24H19ClFNO2. The standard InChI is InChI=1S/C24H19ClFNO2/c25-23-13-18(26)7-5-17(23)15-29-24-12-6-16-3-1-2-4-21(16)22(24)14-27-19-8-10-20(28)11-9-19/h1-13,27-28H,14-15H2. The minimum Gasteiger partial charge on any atom is -0.508 e. The molecule has 5 heteroatoms. The third-order valence-corrected chi connectivity index (χ3v) is 5.08. The van der Waals surface area contributed by atoms with Crippen molar-refractivity contribution in [3.05, 3.63) is 101 Å². The first kappa shape index (κ1) is 19.1.